The molecule has 34 heteroatoms. The molecule has 7 amide bonds. The summed E-state index contributed by atoms with van der Waals surface area (Å²) < 4.78 is 118. The van der Waals surface area contributed by atoms with E-state index in [4.69, 9.17) is 100 Å². The summed E-state index contributed by atoms with van der Waals surface area (Å²) in [5, 5.41) is 2.82. The van der Waals surface area contributed by atoms with Gasteiger partial charge in [-0.1, -0.05) is 20.3 Å². The van der Waals surface area contributed by atoms with E-state index < -0.39 is 41.9 Å². The van der Waals surface area contributed by atoms with Gasteiger partial charge in [-0.25, -0.2) is 14.5 Å². The SMILES string of the molecule is COc1cc2c(cc1OCc1cc(COc3cc4c(cc3OC)C(=O)N3CC(C)C[C@H]3C(OC3CCCCO3)N4C(=O)OC(C)(C)C)cc(/C(N)=C/OCCOCCOCCOCCOCCOCCOCCOCCOCCOCCOCCOCCNC(=O)CCCCCN3C(=O)C=CC3=O)c1)N(C(=O)OC(C)(C)C)CC1CC(C)CN1C2=O. The van der Waals surface area contributed by atoms with Gasteiger partial charge < -0.3 is 116 Å². The molecule has 6 heterocycles. The van der Waals surface area contributed by atoms with E-state index in [-0.39, 0.29) is 126 Å². The zero-order valence-electron chi connectivity index (χ0n) is 72.4. The molecule has 6 aliphatic heterocycles. The molecule has 0 bridgehead atoms. The minimum absolute atomic E-state index is 0.0594. The number of anilines is 2. The minimum Gasteiger partial charge on any atom is -0.497 e. The lowest BCUT2D eigenvalue weighted by molar-refractivity contribution is -0.195. The number of unbranched alkanes of at least 4 members (excludes halogenated alkanes) is 2. The second-order valence-electron chi connectivity index (χ2n) is 32.2. The number of amides is 7. The summed E-state index contributed by atoms with van der Waals surface area (Å²) >= 11 is 0. The molecule has 3 aromatic rings. The molecule has 3 aromatic carbocycles. The number of rotatable bonds is 54. The fourth-order valence-corrected chi connectivity index (χ4v) is 14.4. The standard InChI is InChI=1S/C87H129N7O27/c1-61-46-66-57-93(84(100)120-86(3,4)5)70-53-75(73(102-9)51-67(70)81(98)91(66)55-61)117-58-63-48-64(59-118-76-54-71-68(52-74(76)103-10)82(99)92-56-62(2)47-72(92)83(119-80-17-13-15-22-116-80)94(71)85(101)121-87(6,7)8)50-65(49-63)69(88)60-115-45-44-114-43-42-113-41-40-112-39-38-111-37-36-110-35-34-109-33-32-108-31-30-107-29-28-106-27-26-105-25-24-104-23-20-89-77(95)16-12-11-14-21-90-78(96)18-19-79(90)97/h18-19,48-54,60-62,66,72,80,83H,11-17,20-47,55-59,88H2,1-10H3,(H,89,95)/b69-60-/t61?,62?,66?,72-,80?,83?/m0/s1. The first-order chi connectivity index (χ1) is 58.4. The number of fused-ring (bicyclic) bond motifs is 4. The molecular formula is C87H129N7O27. The lowest BCUT2D eigenvalue weighted by Gasteiger charge is -2.39. The first-order valence-corrected chi connectivity index (χ1v) is 42.4. The smallest absolute Gasteiger partial charge is 0.417 e. The number of carbonyl (C=O) groups excluding carboxylic acids is 7. The number of nitrogens with one attached hydrogen (secondary N) is 1. The third-order valence-electron chi connectivity index (χ3n) is 20.1. The Hall–Kier alpha value is -8.49. The number of hydrogen-bond acceptors (Lipinski definition) is 28. The highest BCUT2D eigenvalue weighted by atomic mass is 16.7. The first-order valence-electron chi connectivity index (χ1n) is 42.4. The summed E-state index contributed by atoms with van der Waals surface area (Å²) in [4.78, 5) is 101. The molecule has 121 heavy (non-hydrogen) atoms. The average molecular weight is 1710 g/mol. The van der Waals surface area contributed by atoms with Crippen LogP contribution in [0.3, 0.4) is 0 Å². The quantitative estimate of drug-likeness (QED) is 0.0302. The number of imide groups is 1. The second kappa shape index (κ2) is 50.3. The van der Waals surface area contributed by atoms with Gasteiger partial charge in [-0.15, -0.1) is 0 Å². The molecule has 6 atom stereocenters. The first kappa shape index (κ1) is 96.3. The Morgan fingerprint density at radius 3 is 1.48 bits per heavy atom. The summed E-state index contributed by atoms with van der Waals surface area (Å²) in [5.41, 5.74) is 8.20. The van der Waals surface area contributed by atoms with Gasteiger partial charge in [0, 0.05) is 75.6 Å². The van der Waals surface area contributed by atoms with Crippen LogP contribution in [-0.2, 0) is 103 Å². The van der Waals surface area contributed by atoms with Crippen LogP contribution in [0.5, 0.6) is 23.0 Å². The van der Waals surface area contributed by atoms with Crippen LogP contribution < -0.4 is 39.8 Å². The van der Waals surface area contributed by atoms with E-state index in [0.29, 0.717) is 232 Å². The molecule has 6 aliphatic rings. The van der Waals surface area contributed by atoms with Crippen LogP contribution in [0.25, 0.3) is 5.70 Å². The van der Waals surface area contributed by atoms with Gasteiger partial charge in [0.1, 0.15) is 37.3 Å². The fourth-order valence-electron chi connectivity index (χ4n) is 14.4. The zero-order valence-corrected chi connectivity index (χ0v) is 72.4. The van der Waals surface area contributed by atoms with E-state index in [0.717, 1.165) is 19.3 Å². The maximum atomic E-state index is 14.9. The highest BCUT2D eigenvalue weighted by Gasteiger charge is 2.50. The number of benzene rings is 3. The van der Waals surface area contributed by atoms with Crippen molar-refractivity contribution in [3.8, 4) is 23.0 Å². The summed E-state index contributed by atoms with van der Waals surface area (Å²) in [5.74, 6) is 0.178. The molecule has 0 spiro atoms. The Kier molecular flexibility index (Phi) is 40.1. The molecule has 5 unspecified atom stereocenters. The predicted molar refractivity (Wildman–Crippen MR) is 444 cm³/mol. The molecule has 0 aliphatic carbocycles. The van der Waals surface area contributed by atoms with Crippen molar-refractivity contribution < 1.29 is 128 Å². The molecule has 0 radical (unpaired) electrons. The second-order valence-corrected chi connectivity index (χ2v) is 32.2. The van der Waals surface area contributed by atoms with E-state index in [1.807, 2.05) is 23.1 Å². The highest BCUT2D eigenvalue weighted by molar-refractivity contribution is 6.13. The van der Waals surface area contributed by atoms with Crippen LogP contribution in [0.1, 0.15) is 151 Å². The fraction of sp³-hybridized carbons (Fsp3) is 0.667. The minimum atomic E-state index is -0.980. The maximum Gasteiger partial charge on any atom is 0.417 e. The number of nitrogens with zero attached hydrogens (tertiary/aromatic N) is 5. The lowest BCUT2D eigenvalue weighted by Crippen LogP contribution is -2.54. The molecule has 674 valence electrons. The van der Waals surface area contributed by atoms with Gasteiger partial charge in [0.05, 0.1) is 200 Å². The monoisotopic (exact) mass is 1700 g/mol. The van der Waals surface area contributed by atoms with E-state index in [2.05, 4.69) is 19.2 Å². The number of carbonyl (C=O) groups is 7. The van der Waals surface area contributed by atoms with Crippen LogP contribution in [0, 0.1) is 11.8 Å². The summed E-state index contributed by atoms with van der Waals surface area (Å²) in [6.07, 6.45) is 7.20. The normalized spacial score (nSPS) is 19.2. The molecule has 3 fully saturated rings. The lowest BCUT2D eigenvalue weighted by atomic mass is 10.0. The predicted octanol–water partition coefficient (Wildman–Crippen LogP) is 9.00. The molecule has 3 N–H and O–H groups in total. The van der Waals surface area contributed by atoms with Crippen LogP contribution in [0.4, 0.5) is 21.0 Å². The van der Waals surface area contributed by atoms with Crippen molar-refractivity contribution in [2.45, 2.75) is 162 Å². The van der Waals surface area contributed by atoms with E-state index in [1.165, 1.54) is 47.3 Å². The van der Waals surface area contributed by atoms with Crippen molar-refractivity contribution in [3.63, 3.8) is 0 Å². The summed E-state index contributed by atoms with van der Waals surface area (Å²) in [7, 11) is 2.97. The van der Waals surface area contributed by atoms with Gasteiger partial charge in [0.25, 0.3) is 23.6 Å². The Morgan fingerprint density at radius 1 is 0.521 bits per heavy atom. The van der Waals surface area contributed by atoms with Crippen LogP contribution in [0.15, 0.2) is 60.9 Å². The van der Waals surface area contributed by atoms with Gasteiger partial charge in [-0.2, -0.15) is 0 Å². The molecule has 0 aromatic heterocycles. The number of methoxy groups -OCH3 is 2. The molecule has 34 nitrogen and oxygen atoms in total. The van der Waals surface area contributed by atoms with Gasteiger partial charge in [0.2, 0.25) is 5.91 Å². The third kappa shape index (κ3) is 31.7. The van der Waals surface area contributed by atoms with E-state index in [9.17, 15) is 33.6 Å². The highest BCUT2D eigenvalue weighted by Crippen LogP contribution is 2.45. The van der Waals surface area contributed by atoms with Crippen molar-refractivity contribution in [2.75, 3.05) is 215 Å². The van der Waals surface area contributed by atoms with Crippen molar-refractivity contribution in [1.82, 2.24) is 20.0 Å². The van der Waals surface area contributed by atoms with Crippen LogP contribution in [0.2, 0.25) is 0 Å². The van der Waals surface area contributed by atoms with Gasteiger partial charge in [-0.3, -0.25) is 33.8 Å². The van der Waals surface area contributed by atoms with Crippen molar-refractivity contribution >= 4 is 58.8 Å². The van der Waals surface area contributed by atoms with Gasteiger partial charge in [-0.05, 0) is 140 Å². The van der Waals surface area contributed by atoms with Gasteiger partial charge >= 0.3 is 12.2 Å². The van der Waals surface area contributed by atoms with E-state index >= 15 is 0 Å². The van der Waals surface area contributed by atoms with Crippen molar-refractivity contribution in [1.29, 1.82) is 0 Å². The summed E-state index contributed by atoms with van der Waals surface area (Å²) in [6.45, 7) is 26.2. The zero-order chi connectivity index (χ0) is 86.5. The number of nitrogens with two attached hydrogens (primary N) is 1. The molecule has 9 rings (SSSR count). The van der Waals surface area contributed by atoms with E-state index in [1.54, 1.807) is 70.7 Å². The molecule has 3 saturated heterocycles. The number of ether oxygens (including phenoxy) is 20. The summed E-state index contributed by atoms with van der Waals surface area (Å²) in [6, 6.07) is 11.3. The maximum absolute atomic E-state index is 14.9. The largest absolute Gasteiger partial charge is 0.497 e. The Labute approximate surface area is 710 Å². The number of hydrogen-bond donors (Lipinski definition) is 2. The topological polar surface area (TPSA) is 358 Å². The molecular weight excluding hydrogens is 1570 g/mol. The van der Waals surface area contributed by atoms with Crippen molar-refractivity contribution in [3.05, 3.63) is 88.7 Å². The van der Waals surface area contributed by atoms with Crippen LogP contribution >= 0.6 is 0 Å². The Bertz CT molecular complexity index is 3810. The molecule has 0 saturated carbocycles. The van der Waals surface area contributed by atoms with Crippen LogP contribution in [-0.4, -0.2) is 298 Å². The van der Waals surface area contributed by atoms with Crippen molar-refractivity contribution in [2.24, 2.45) is 17.6 Å². The average Bonchev–Trinajstić information content (AvgIpc) is 1.63. The Morgan fingerprint density at radius 2 is 0.983 bits per heavy atom. The Balaban J connectivity index is 0.661. The van der Waals surface area contributed by atoms with Gasteiger partial charge in [0.15, 0.2) is 35.5 Å². The third-order valence-corrected chi connectivity index (χ3v) is 20.1.